The van der Waals surface area contributed by atoms with Crippen molar-refractivity contribution in [3.63, 3.8) is 0 Å². The number of amides is 1. The largest absolute Gasteiger partial charge is 0.310 e. The summed E-state index contributed by atoms with van der Waals surface area (Å²) in [4.78, 5) is 11.6. The van der Waals surface area contributed by atoms with Gasteiger partial charge < -0.3 is 5.32 Å². The molecule has 3 rings (SSSR count). The molecule has 2 heterocycles. The molecule has 0 bridgehead atoms. The zero-order valence-electron chi connectivity index (χ0n) is 9.88. The molecule has 6 heteroatoms. The predicted molar refractivity (Wildman–Crippen MR) is 72.7 cm³/mol. The van der Waals surface area contributed by atoms with E-state index in [1.54, 1.807) is 30.1 Å². The zero-order chi connectivity index (χ0) is 13.2. The lowest BCUT2D eigenvalue weighted by atomic mass is 10.1. The van der Waals surface area contributed by atoms with Crippen LogP contribution in [0.1, 0.15) is 21.9 Å². The molecular formula is C13H10N4OS. The van der Waals surface area contributed by atoms with Crippen molar-refractivity contribution < 1.29 is 4.79 Å². The number of hydrogen-bond acceptors (Lipinski definition) is 4. The summed E-state index contributed by atoms with van der Waals surface area (Å²) in [6.45, 7) is 0. The molecule has 1 amide bonds. The molecule has 0 fully saturated rings. The Hall–Kier alpha value is -2.26. The quantitative estimate of drug-likeness (QED) is 0.831. The van der Waals surface area contributed by atoms with Gasteiger partial charge in [0.1, 0.15) is 5.82 Å². The Morgan fingerprint density at radius 2 is 2.16 bits per heavy atom. The van der Waals surface area contributed by atoms with Crippen LogP contribution in [0.15, 0.2) is 30.5 Å². The van der Waals surface area contributed by atoms with Crippen molar-refractivity contribution >= 4 is 23.5 Å². The number of hydrogen-bond donors (Lipinski definition) is 2. The van der Waals surface area contributed by atoms with Crippen LogP contribution < -0.4 is 5.32 Å². The molecule has 1 aliphatic heterocycles. The van der Waals surface area contributed by atoms with Crippen LogP contribution in [0, 0.1) is 11.3 Å². The summed E-state index contributed by atoms with van der Waals surface area (Å²) < 4.78 is 0. The minimum Gasteiger partial charge on any atom is -0.310 e. The summed E-state index contributed by atoms with van der Waals surface area (Å²) in [5.74, 6) is 1.02. The molecule has 2 aromatic rings. The first-order valence-electron chi connectivity index (χ1n) is 5.72. The first-order chi connectivity index (χ1) is 9.28. The van der Waals surface area contributed by atoms with Crippen LogP contribution in [0.25, 0.3) is 0 Å². The van der Waals surface area contributed by atoms with E-state index < -0.39 is 0 Å². The van der Waals surface area contributed by atoms with Crippen LogP contribution in [0.2, 0.25) is 0 Å². The minimum absolute atomic E-state index is 0.0355. The number of carbonyl (C=O) groups excluding carboxylic acids is 1. The molecule has 19 heavy (non-hydrogen) atoms. The average molecular weight is 270 g/mol. The molecular weight excluding hydrogens is 260 g/mol. The number of H-pyrrole nitrogens is 1. The van der Waals surface area contributed by atoms with Gasteiger partial charge in [0.2, 0.25) is 5.91 Å². The number of benzene rings is 1. The fourth-order valence-electron chi connectivity index (χ4n) is 2.03. The van der Waals surface area contributed by atoms with Gasteiger partial charge in [-0.2, -0.15) is 10.4 Å². The van der Waals surface area contributed by atoms with Gasteiger partial charge in [-0.3, -0.25) is 9.89 Å². The summed E-state index contributed by atoms with van der Waals surface area (Å²) >= 11 is 1.55. The number of carbonyl (C=O) groups is 1. The van der Waals surface area contributed by atoms with Gasteiger partial charge in [0.25, 0.3) is 0 Å². The lowest BCUT2D eigenvalue weighted by molar-refractivity contribution is -0.113. The van der Waals surface area contributed by atoms with Crippen molar-refractivity contribution in [3.05, 3.63) is 47.2 Å². The monoisotopic (exact) mass is 270 g/mol. The molecule has 0 saturated carbocycles. The summed E-state index contributed by atoms with van der Waals surface area (Å²) in [5.41, 5.74) is 2.65. The number of aromatic nitrogens is 2. The maximum atomic E-state index is 11.6. The maximum Gasteiger partial charge on any atom is 0.235 e. The van der Waals surface area contributed by atoms with Gasteiger partial charge in [0.05, 0.1) is 28.8 Å². The first kappa shape index (κ1) is 11.8. The van der Waals surface area contributed by atoms with E-state index >= 15 is 0 Å². The van der Waals surface area contributed by atoms with Crippen LogP contribution >= 0.6 is 11.8 Å². The normalized spacial score (nSPS) is 18.1. The van der Waals surface area contributed by atoms with Crippen molar-refractivity contribution in [2.24, 2.45) is 0 Å². The molecule has 2 N–H and O–H groups in total. The Morgan fingerprint density at radius 1 is 1.37 bits per heavy atom. The molecule has 0 radical (unpaired) electrons. The average Bonchev–Trinajstić information content (AvgIpc) is 2.82. The number of anilines is 1. The van der Waals surface area contributed by atoms with Gasteiger partial charge in [0, 0.05) is 5.56 Å². The first-order valence-corrected chi connectivity index (χ1v) is 6.77. The number of nitrogens with zero attached hydrogens (tertiary/aromatic N) is 2. The van der Waals surface area contributed by atoms with Crippen molar-refractivity contribution in [2.75, 3.05) is 11.1 Å². The van der Waals surface area contributed by atoms with Gasteiger partial charge >= 0.3 is 0 Å². The van der Waals surface area contributed by atoms with Gasteiger partial charge in [-0.15, -0.1) is 11.8 Å². The molecule has 1 aromatic heterocycles. The van der Waals surface area contributed by atoms with Crippen molar-refractivity contribution in [2.45, 2.75) is 5.25 Å². The number of nitriles is 1. The Morgan fingerprint density at radius 3 is 2.89 bits per heavy atom. The highest BCUT2D eigenvalue weighted by atomic mass is 32.2. The zero-order valence-corrected chi connectivity index (χ0v) is 10.7. The molecule has 0 spiro atoms. The van der Waals surface area contributed by atoms with E-state index in [0.717, 1.165) is 11.1 Å². The maximum absolute atomic E-state index is 11.6. The molecule has 0 aliphatic carbocycles. The Labute approximate surface area is 114 Å². The standard InChI is InChI=1S/C13H10N4OS/c14-5-8-1-3-9(4-2-8)12-10-6-15-17-13(10)16-11(18)7-19-12/h1-4,6,12H,7H2,(H2,15,16,17,18)/t12-/m0/s1. The van der Waals surface area contributed by atoms with Gasteiger partial charge in [0.15, 0.2) is 0 Å². The highest BCUT2D eigenvalue weighted by Gasteiger charge is 2.25. The molecule has 1 atom stereocenters. The molecule has 94 valence electrons. The van der Waals surface area contributed by atoms with Gasteiger partial charge in [-0.05, 0) is 17.7 Å². The molecule has 0 unspecified atom stereocenters. The number of thioether (sulfide) groups is 1. The number of fused-ring (bicyclic) bond motifs is 1. The predicted octanol–water partition coefficient (Wildman–Crippen LogP) is 2.06. The lowest BCUT2D eigenvalue weighted by Gasteiger charge is -2.13. The van der Waals surface area contributed by atoms with E-state index in [9.17, 15) is 4.79 Å². The second-order valence-corrected chi connectivity index (χ2v) is 5.27. The molecule has 1 aliphatic rings. The molecule has 0 saturated heterocycles. The van der Waals surface area contributed by atoms with E-state index in [0.29, 0.717) is 17.1 Å². The van der Waals surface area contributed by atoms with Crippen molar-refractivity contribution in [1.29, 1.82) is 5.26 Å². The third kappa shape index (κ3) is 2.20. The van der Waals surface area contributed by atoms with Gasteiger partial charge in [-0.25, -0.2) is 0 Å². The van der Waals surface area contributed by atoms with Crippen LogP contribution in [0.4, 0.5) is 5.82 Å². The van der Waals surface area contributed by atoms with E-state index in [2.05, 4.69) is 21.6 Å². The Kier molecular flexibility index (Phi) is 2.97. The van der Waals surface area contributed by atoms with Crippen LogP contribution in [-0.4, -0.2) is 21.9 Å². The fraction of sp³-hybridized carbons (Fsp3) is 0.154. The van der Waals surface area contributed by atoms with Crippen molar-refractivity contribution in [3.8, 4) is 6.07 Å². The van der Waals surface area contributed by atoms with Crippen molar-refractivity contribution in [1.82, 2.24) is 10.2 Å². The molecule has 1 aromatic carbocycles. The van der Waals surface area contributed by atoms with E-state index in [4.69, 9.17) is 5.26 Å². The van der Waals surface area contributed by atoms with E-state index in [1.807, 2.05) is 12.1 Å². The third-order valence-electron chi connectivity index (χ3n) is 2.94. The number of rotatable bonds is 1. The fourth-order valence-corrected chi connectivity index (χ4v) is 3.12. The summed E-state index contributed by atoms with van der Waals surface area (Å²) in [7, 11) is 0. The Balaban J connectivity index is 2.00. The van der Waals surface area contributed by atoms with Gasteiger partial charge in [-0.1, -0.05) is 12.1 Å². The molecule has 5 nitrogen and oxygen atoms in total. The number of aromatic amines is 1. The van der Waals surface area contributed by atoms with Crippen LogP contribution in [0.3, 0.4) is 0 Å². The summed E-state index contributed by atoms with van der Waals surface area (Å²) in [6, 6.07) is 9.51. The third-order valence-corrected chi connectivity index (χ3v) is 4.23. The van der Waals surface area contributed by atoms with Crippen LogP contribution in [-0.2, 0) is 4.79 Å². The Bertz CT molecular complexity index is 656. The van der Waals surface area contributed by atoms with E-state index in [1.165, 1.54) is 0 Å². The topological polar surface area (TPSA) is 81.6 Å². The minimum atomic E-state index is -0.0355. The highest BCUT2D eigenvalue weighted by Crippen LogP contribution is 2.40. The number of nitrogens with one attached hydrogen (secondary N) is 2. The highest BCUT2D eigenvalue weighted by molar-refractivity contribution is 8.00. The smallest absolute Gasteiger partial charge is 0.235 e. The van der Waals surface area contributed by atoms with Crippen LogP contribution in [0.5, 0.6) is 0 Å². The second-order valence-electron chi connectivity index (χ2n) is 4.17. The lowest BCUT2D eigenvalue weighted by Crippen LogP contribution is -2.12. The SMILES string of the molecule is N#Cc1ccc([C@@H]2SCC(=O)Nc3[nH]ncc32)cc1. The summed E-state index contributed by atoms with van der Waals surface area (Å²) in [5, 5.41) is 18.4. The summed E-state index contributed by atoms with van der Waals surface area (Å²) in [6.07, 6.45) is 1.73. The van der Waals surface area contributed by atoms with E-state index in [-0.39, 0.29) is 11.2 Å². The second kappa shape index (κ2) is 4.78.